The zero-order valence-corrected chi connectivity index (χ0v) is 19.7. The van der Waals surface area contributed by atoms with Crippen molar-refractivity contribution in [3.05, 3.63) is 34.9 Å². The standard InChI is InChI=1S/C26H45NO2/c1-21(2)13-10-14-22(3)15-11-16-23(4)17-12-18-24(5)29-26(28)27-25-19-8-6-7-9-20-25/h13,15,17,24-25H,6-12,14,16,18-20H2,1-5H3,(H,27,28). The van der Waals surface area contributed by atoms with Gasteiger partial charge in [-0.3, -0.25) is 0 Å². The number of carbonyl (C=O) groups excluding carboxylic acids is 1. The van der Waals surface area contributed by atoms with Crippen molar-refractivity contribution in [3.8, 4) is 0 Å². The smallest absolute Gasteiger partial charge is 0.407 e. The first-order valence-electron chi connectivity index (χ1n) is 11.8. The van der Waals surface area contributed by atoms with Crippen molar-refractivity contribution >= 4 is 6.09 Å². The van der Waals surface area contributed by atoms with E-state index in [1.54, 1.807) is 0 Å². The lowest BCUT2D eigenvalue weighted by Crippen LogP contribution is -2.36. The molecular weight excluding hydrogens is 358 g/mol. The van der Waals surface area contributed by atoms with E-state index in [2.05, 4.69) is 51.2 Å². The molecule has 0 bridgehead atoms. The summed E-state index contributed by atoms with van der Waals surface area (Å²) in [5, 5.41) is 3.06. The zero-order valence-electron chi connectivity index (χ0n) is 19.7. The van der Waals surface area contributed by atoms with E-state index in [9.17, 15) is 4.79 Å². The first-order chi connectivity index (χ1) is 13.9. The summed E-state index contributed by atoms with van der Waals surface area (Å²) in [4.78, 5) is 12.1. The molecule has 29 heavy (non-hydrogen) atoms. The van der Waals surface area contributed by atoms with Crippen LogP contribution in [0.25, 0.3) is 0 Å². The lowest BCUT2D eigenvalue weighted by molar-refractivity contribution is 0.0988. The summed E-state index contributed by atoms with van der Waals surface area (Å²) < 4.78 is 5.55. The predicted octanol–water partition coefficient (Wildman–Crippen LogP) is 8.02. The van der Waals surface area contributed by atoms with Gasteiger partial charge in [-0.25, -0.2) is 4.79 Å². The van der Waals surface area contributed by atoms with Gasteiger partial charge in [-0.15, -0.1) is 0 Å². The van der Waals surface area contributed by atoms with Gasteiger partial charge in [-0.05, 0) is 86.0 Å². The lowest BCUT2D eigenvalue weighted by Gasteiger charge is -2.18. The van der Waals surface area contributed by atoms with Crippen molar-refractivity contribution in [2.45, 2.75) is 124 Å². The van der Waals surface area contributed by atoms with Gasteiger partial charge in [0.25, 0.3) is 0 Å². The van der Waals surface area contributed by atoms with E-state index >= 15 is 0 Å². The van der Waals surface area contributed by atoms with Gasteiger partial charge in [0.1, 0.15) is 6.10 Å². The molecule has 0 spiro atoms. The molecule has 1 unspecified atom stereocenters. The monoisotopic (exact) mass is 403 g/mol. The maximum Gasteiger partial charge on any atom is 0.407 e. The van der Waals surface area contributed by atoms with Gasteiger partial charge < -0.3 is 10.1 Å². The van der Waals surface area contributed by atoms with Gasteiger partial charge in [0.05, 0.1) is 0 Å². The molecule has 0 aromatic rings. The van der Waals surface area contributed by atoms with Gasteiger partial charge >= 0.3 is 6.09 Å². The molecule has 1 aliphatic carbocycles. The Morgan fingerprint density at radius 3 is 2.03 bits per heavy atom. The molecule has 1 atom stereocenters. The Labute approximate surface area is 180 Å². The molecule has 1 amide bonds. The van der Waals surface area contributed by atoms with Crippen LogP contribution >= 0.6 is 0 Å². The van der Waals surface area contributed by atoms with Gasteiger partial charge in [-0.1, -0.05) is 60.6 Å². The molecule has 1 fully saturated rings. The Kier molecular flexibility index (Phi) is 13.5. The van der Waals surface area contributed by atoms with Gasteiger partial charge in [0.15, 0.2) is 0 Å². The molecule has 166 valence electrons. The Morgan fingerprint density at radius 1 is 0.897 bits per heavy atom. The first-order valence-corrected chi connectivity index (χ1v) is 11.8. The predicted molar refractivity (Wildman–Crippen MR) is 125 cm³/mol. The van der Waals surface area contributed by atoms with Crippen LogP contribution in [0.1, 0.15) is 112 Å². The van der Waals surface area contributed by atoms with Crippen LogP contribution in [-0.4, -0.2) is 18.2 Å². The minimum Gasteiger partial charge on any atom is -0.447 e. The van der Waals surface area contributed by atoms with E-state index < -0.39 is 0 Å². The highest BCUT2D eigenvalue weighted by Crippen LogP contribution is 2.18. The molecule has 3 heteroatoms. The Bertz CT molecular complexity index is 547. The summed E-state index contributed by atoms with van der Waals surface area (Å²) in [7, 11) is 0. The summed E-state index contributed by atoms with van der Waals surface area (Å²) >= 11 is 0. The lowest BCUT2D eigenvalue weighted by atomic mass is 10.1. The third-order valence-electron chi connectivity index (χ3n) is 5.67. The highest BCUT2D eigenvalue weighted by atomic mass is 16.6. The Morgan fingerprint density at radius 2 is 1.45 bits per heavy atom. The van der Waals surface area contributed by atoms with Crippen molar-refractivity contribution in [2.24, 2.45) is 0 Å². The van der Waals surface area contributed by atoms with Crippen LogP contribution in [0.4, 0.5) is 4.79 Å². The molecule has 0 aromatic heterocycles. The second-order valence-electron chi connectivity index (χ2n) is 9.09. The molecule has 0 saturated heterocycles. The fourth-order valence-corrected chi connectivity index (χ4v) is 3.77. The molecule has 3 nitrogen and oxygen atoms in total. The highest BCUT2D eigenvalue weighted by Gasteiger charge is 2.16. The van der Waals surface area contributed by atoms with Gasteiger partial charge in [-0.2, -0.15) is 0 Å². The van der Waals surface area contributed by atoms with Crippen molar-refractivity contribution in [2.75, 3.05) is 0 Å². The maximum atomic E-state index is 12.1. The van der Waals surface area contributed by atoms with E-state index in [0.29, 0.717) is 6.04 Å². The van der Waals surface area contributed by atoms with Gasteiger partial charge in [0.2, 0.25) is 0 Å². The number of allylic oxidation sites excluding steroid dienone is 6. The minimum atomic E-state index is -0.237. The third kappa shape index (κ3) is 14.2. The van der Waals surface area contributed by atoms with Crippen molar-refractivity contribution in [1.82, 2.24) is 5.32 Å². The van der Waals surface area contributed by atoms with Crippen LogP contribution < -0.4 is 5.32 Å². The number of ether oxygens (including phenoxy) is 1. The average Bonchev–Trinajstić information content (AvgIpc) is 2.89. The van der Waals surface area contributed by atoms with E-state index in [1.165, 1.54) is 42.4 Å². The largest absolute Gasteiger partial charge is 0.447 e. The fourth-order valence-electron chi connectivity index (χ4n) is 3.77. The molecule has 0 aromatic carbocycles. The normalized spacial score (nSPS) is 17.4. The van der Waals surface area contributed by atoms with E-state index in [-0.39, 0.29) is 12.2 Å². The first kappa shape index (κ1) is 25.5. The second-order valence-corrected chi connectivity index (χ2v) is 9.09. The number of amides is 1. The summed E-state index contributed by atoms with van der Waals surface area (Å²) in [6.07, 6.45) is 20.3. The van der Waals surface area contributed by atoms with Crippen LogP contribution in [0.3, 0.4) is 0 Å². The van der Waals surface area contributed by atoms with Crippen LogP contribution in [0.15, 0.2) is 34.9 Å². The number of rotatable bonds is 11. The number of nitrogens with one attached hydrogen (secondary N) is 1. The number of hydrogen-bond acceptors (Lipinski definition) is 2. The number of hydrogen-bond donors (Lipinski definition) is 1. The SMILES string of the molecule is CC(C)=CCCC(C)=CCCC(C)=CCCC(C)OC(=O)NC1CCCCCC1. The molecule has 1 N–H and O–H groups in total. The summed E-state index contributed by atoms with van der Waals surface area (Å²) in [5.74, 6) is 0. The number of carbonyl (C=O) groups is 1. The average molecular weight is 404 g/mol. The van der Waals surface area contributed by atoms with E-state index in [0.717, 1.165) is 51.4 Å². The molecule has 0 radical (unpaired) electrons. The van der Waals surface area contributed by atoms with Crippen LogP contribution in [0.2, 0.25) is 0 Å². The summed E-state index contributed by atoms with van der Waals surface area (Å²) in [6, 6.07) is 0.304. The molecule has 1 saturated carbocycles. The van der Waals surface area contributed by atoms with E-state index in [4.69, 9.17) is 4.74 Å². The zero-order chi connectivity index (χ0) is 21.5. The maximum absolute atomic E-state index is 12.1. The van der Waals surface area contributed by atoms with E-state index in [1.807, 2.05) is 6.92 Å². The number of alkyl carbamates (subject to hydrolysis) is 1. The summed E-state index contributed by atoms with van der Waals surface area (Å²) in [5.41, 5.74) is 4.31. The summed E-state index contributed by atoms with van der Waals surface area (Å²) in [6.45, 7) is 10.7. The highest BCUT2D eigenvalue weighted by molar-refractivity contribution is 5.67. The van der Waals surface area contributed by atoms with Crippen LogP contribution in [-0.2, 0) is 4.74 Å². The Hall–Kier alpha value is -1.51. The molecular formula is C26H45NO2. The molecule has 0 aliphatic heterocycles. The Balaban J connectivity index is 2.18. The van der Waals surface area contributed by atoms with Crippen molar-refractivity contribution in [3.63, 3.8) is 0 Å². The quantitative estimate of drug-likeness (QED) is 0.280. The molecule has 1 rings (SSSR count). The van der Waals surface area contributed by atoms with Crippen LogP contribution in [0, 0.1) is 0 Å². The second kappa shape index (κ2) is 15.3. The third-order valence-corrected chi connectivity index (χ3v) is 5.67. The molecule has 1 aliphatic rings. The van der Waals surface area contributed by atoms with Crippen LogP contribution in [0.5, 0.6) is 0 Å². The van der Waals surface area contributed by atoms with Crippen molar-refractivity contribution < 1.29 is 9.53 Å². The van der Waals surface area contributed by atoms with Crippen molar-refractivity contribution in [1.29, 1.82) is 0 Å². The minimum absolute atomic E-state index is 0.0398. The molecule has 0 heterocycles. The fraction of sp³-hybridized carbons (Fsp3) is 0.731. The topological polar surface area (TPSA) is 38.3 Å². The van der Waals surface area contributed by atoms with Gasteiger partial charge in [0, 0.05) is 6.04 Å².